The number of carboxylic acids is 1. The van der Waals surface area contributed by atoms with Crippen LogP contribution in [0, 0.1) is 25.2 Å². The fraction of sp³-hybridized carbons (Fsp3) is 0.150. The maximum atomic E-state index is 12.3. The molecule has 26 heavy (non-hydrogen) atoms. The minimum Gasteiger partial charge on any atom is -0.482 e. The molecule has 0 radical (unpaired) electrons. The normalized spacial score (nSPS) is 10.7. The molecule has 0 spiro atoms. The standard InChI is InChI=1S/C20H18N2O4/c1-13-7-14(2)9-17(8-13)22-20(25)16(11-21)10-15-3-5-18(6-4-15)26-12-19(23)24/h3-10H,12H2,1-2H3,(H,22,25)(H,23,24)/b16-10+. The van der Waals surface area contributed by atoms with Crippen molar-refractivity contribution in [3.63, 3.8) is 0 Å². The summed E-state index contributed by atoms with van der Waals surface area (Å²) in [6, 6.07) is 14.0. The van der Waals surface area contributed by atoms with E-state index in [1.54, 1.807) is 24.3 Å². The van der Waals surface area contributed by atoms with Gasteiger partial charge in [0.2, 0.25) is 0 Å². The average Bonchev–Trinajstić information content (AvgIpc) is 2.57. The molecule has 0 aromatic heterocycles. The molecule has 0 saturated heterocycles. The van der Waals surface area contributed by atoms with Gasteiger partial charge in [-0.3, -0.25) is 4.79 Å². The molecule has 2 N–H and O–H groups in total. The molecule has 0 saturated carbocycles. The molecule has 0 fully saturated rings. The highest BCUT2D eigenvalue weighted by molar-refractivity contribution is 6.09. The molecular formula is C20H18N2O4. The molecule has 2 aromatic rings. The topological polar surface area (TPSA) is 99.4 Å². The first-order chi connectivity index (χ1) is 12.4. The number of nitrogens with zero attached hydrogens (tertiary/aromatic N) is 1. The van der Waals surface area contributed by atoms with Crippen LogP contribution in [-0.2, 0) is 9.59 Å². The second-order valence-electron chi connectivity index (χ2n) is 5.75. The minimum absolute atomic E-state index is 0.0386. The van der Waals surface area contributed by atoms with Crippen molar-refractivity contribution in [3.05, 3.63) is 64.7 Å². The van der Waals surface area contributed by atoms with E-state index in [1.807, 2.05) is 38.1 Å². The van der Waals surface area contributed by atoms with E-state index in [0.29, 0.717) is 17.0 Å². The Hall–Kier alpha value is -3.59. The predicted octanol–water partition coefficient (Wildman–Crippen LogP) is 3.31. The molecule has 0 aliphatic heterocycles. The molecule has 0 aliphatic rings. The first kappa shape index (κ1) is 18.7. The highest BCUT2D eigenvalue weighted by atomic mass is 16.5. The van der Waals surface area contributed by atoms with Gasteiger partial charge in [-0.25, -0.2) is 4.79 Å². The molecule has 0 aliphatic carbocycles. The monoisotopic (exact) mass is 350 g/mol. The van der Waals surface area contributed by atoms with Crippen LogP contribution < -0.4 is 10.1 Å². The Balaban J connectivity index is 2.12. The first-order valence-corrected chi connectivity index (χ1v) is 7.83. The van der Waals surface area contributed by atoms with E-state index in [9.17, 15) is 14.9 Å². The lowest BCUT2D eigenvalue weighted by atomic mass is 10.1. The molecule has 6 heteroatoms. The third-order valence-corrected chi connectivity index (χ3v) is 3.40. The lowest BCUT2D eigenvalue weighted by molar-refractivity contribution is -0.139. The Kier molecular flexibility index (Phi) is 6.12. The van der Waals surface area contributed by atoms with Gasteiger partial charge in [0, 0.05) is 5.69 Å². The van der Waals surface area contributed by atoms with Crippen LogP contribution in [0.5, 0.6) is 5.75 Å². The zero-order valence-electron chi connectivity index (χ0n) is 14.4. The molecule has 2 rings (SSSR count). The van der Waals surface area contributed by atoms with E-state index < -0.39 is 18.5 Å². The molecular weight excluding hydrogens is 332 g/mol. The number of carbonyl (C=O) groups is 2. The smallest absolute Gasteiger partial charge is 0.341 e. The summed E-state index contributed by atoms with van der Waals surface area (Å²) in [6.07, 6.45) is 1.46. The SMILES string of the molecule is Cc1cc(C)cc(NC(=O)/C(C#N)=C/c2ccc(OCC(=O)O)cc2)c1. The highest BCUT2D eigenvalue weighted by Gasteiger charge is 2.10. The second-order valence-corrected chi connectivity index (χ2v) is 5.75. The Bertz CT molecular complexity index is 873. The number of amides is 1. The van der Waals surface area contributed by atoms with Gasteiger partial charge in [0.1, 0.15) is 17.4 Å². The number of benzene rings is 2. The van der Waals surface area contributed by atoms with Gasteiger partial charge in [0.25, 0.3) is 5.91 Å². The summed E-state index contributed by atoms with van der Waals surface area (Å²) in [5, 5.41) is 20.6. The quantitative estimate of drug-likeness (QED) is 0.615. The number of rotatable bonds is 6. The summed E-state index contributed by atoms with van der Waals surface area (Å²) < 4.78 is 5.04. The average molecular weight is 350 g/mol. The minimum atomic E-state index is -1.07. The maximum Gasteiger partial charge on any atom is 0.341 e. The van der Waals surface area contributed by atoms with Gasteiger partial charge in [0.05, 0.1) is 0 Å². The van der Waals surface area contributed by atoms with Gasteiger partial charge in [-0.1, -0.05) is 18.2 Å². The van der Waals surface area contributed by atoms with E-state index in [-0.39, 0.29) is 5.57 Å². The molecule has 2 aromatic carbocycles. The number of carbonyl (C=O) groups excluding carboxylic acids is 1. The number of anilines is 1. The van der Waals surface area contributed by atoms with Crippen LogP contribution in [0.1, 0.15) is 16.7 Å². The Morgan fingerprint density at radius 1 is 1.15 bits per heavy atom. The number of hydrogen-bond acceptors (Lipinski definition) is 4. The summed E-state index contributed by atoms with van der Waals surface area (Å²) >= 11 is 0. The summed E-state index contributed by atoms with van der Waals surface area (Å²) in [5.74, 6) is -1.17. The van der Waals surface area contributed by atoms with Crippen molar-refractivity contribution >= 4 is 23.6 Å². The van der Waals surface area contributed by atoms with Gasteiger partial charge >= 0.3 is 5.97 Å². The Morgan fingerprint density at radius 3 is 2.31 bits per heavy atom. The number of ether oxygens (including phenoxy) is 1. The summed E-state index contributed by atoms with van der Waals surface area (Å²) in [7, 11) is 0. The maximum absolute atomic E-state index is 12.3. The van der Waals surface area contributed by atoms with E-state index in [2.05, 4.69) is 5.32 Å². The molecule has 132 valence electrons. The van der Waals surface area contributed by atoms with E-state index in [0.717, 1.165) is 11.1 Å². The zero-order valence-corrected chi connectivity index (χ0v) is 14.4. The van der Waals surface area contributed by atoms with Gasteiger partial charge in [-0.15, -0.1) is 0 Å². The van der Waals surface area contributed by atoms with Crippen LogP contribution in [0.15, 0.2) is 48.0 Å². The van der Waals surface area contributed by atoms with Crippen LogP contribution >= 0.6 is 0 Å². The first-order valence-electron chi connectivity index (χ1n) is 7.83. The van der Waals surface area contributed by atoms with Crippen molar-refractivity contribution in [1.29, 1.82) is 5.26 Å². The van der Waals surface area contributed by atoms with Crippen molar-refractivity contribution in [3.8, 4) is 11.8 Å². The van der Waals surface area contributed by atoms with Gasteiger partial charge in [0.15, 0.2) is 6.61 Å². The lowest BCUT2D eigenvalue weighted by Gasteiger charge is -2.07. The van der Waals surface area contributed by atoms with Crippen LogP contribution in [0.25, 0.3) is 6.08 Å². The van der Waals surface area contributed by atoms with Crippen molar-refractivity contribution in [2.75, 3.05) is 11.9 Å². The number of aryl methyl sites for hydroxylation is 2. The fourth-order valence-corrected chi connectivity index (χ4v) is 2.37. The van der Waals surface area contributed by atoms with Crippen molar-refractivity contribution < 1.29 is 19.4 Å². The lowest BCUT2D eigenvalue weighted by Crippen LogP contribution is -2.13. The zero-order chi connectivity index (χ0) is 19.1. The predicted molar refractivity (Wildman–Crippen MR) is 97.7 cm³/mol. The van der Waals surface area contributed by atoms with E-state index in [1.165, 1.54) is 6.08 Å². The van der Waals surface area contributed by atoms with Crippen molar-refractivity contribution in [1.82, 2.24) is 0 Å². The third kappa shape index (κ3) is 5.49. The Morgan fingerprint density at radius 2 is 1.77 bits per heavy atom. The second kappa shape index (κ2) is 8.49. The van der Waals surface area contributed by atoms with Crippen molar-refractivity contribution in [2.45, 2.75) is 13.8 Å². The Labute approximate surface area is 151 Å². The molecule has 6 nitrogen and oxygen atoms in total. The largest absolute Gasteiger partial charge is 0.482 e. The summed E-state index contributed by atoms with van der Waals surface area (Å²) in [5.41, 5.74) is 3.24. The summed E-state index contributed by atoms with van der Waals surface area (Å²) in [6.45, 7) is 3.42. The number of nitrogens with one attached hydrogen (secondary N) is 1. The number of carboxylic acid groups (broad SMARTS) is 1. The number of nitriles is 1. The van der Waals surface area contributed by atoms with Gasteiger partial charge in [-0.05, 0) is 60.9 Å². The molecule has 0 atom stereocenters. The van der Waals surface area contributed by atoms with E-state index in [4.69, 9.17) is 9.84 Å². The highest BCUT2D eigenvalue weighted by Crippen LogP contribution is 2.17. The number of hydrogen-bond donors (Lipinski definition) is 2. The fourth-order valence-electron chi connectivity index (χ4n) is 2.37. The third-order valence-electron chi connectivity index (χ3n) is 3.40. The van der Waals surface area contributed by atoms with Crippen LogP contribution in [0.4, 0.5) is 5.69 Å². The van der Waals surface area contributed by atoms with Crippen LogP contribution in [0.3, 0.4) is 0 Å². The van der Waals surface area contributed by atoms with Crippen LogP contribution in [-0.4, -0.2) is 23.6 Å². The molecule has 0 heterocycles. The number of aliphatic carboxylic acids is 1. The molecule has 0 unspecified atom stereocenters. The van der Waals surface area contributed by atoms with Crippen LogP contribution in [0.2, 0.25) is 0 Å². The summed E-state index contributed by atoms with van der Waals surface area (Å²) in [4.78, 5) is 22.8. The molecule has 0 bridgehead atoms. The van der Waals surface area contributed by atoms with Crippen molar-refractivity contribution in [2.24, 2.45) is 0 Å². The van der Waals surface area contributed by atoms with Gasteiger partial charge < -0.3 is 15.2 Å². The van der Waals surface area contributed by atoms with E-state index >= 15 is 0 Å². The molecule has 1 amide bonds. The van der Waals surface area contributed by atoms with Gasteiger partial charge in [-0.2, -0.15) is 5.26 Å².